The van der Waals surface area contributed by atoms with Crippen molar-refractivity contribution in [3.63, 3.8) is 0 Å². The Balaban J connectivity index is 2.06. The van der Waals surface area contributed by atoms with Crippen molar-refractivity contribution in [3.8, 4) is 5.75 Å². The number of aromatic amines is 1. The molecule has 154 valence electrons. The van der Waals surface area contributed by atoms with E-state index in [9.17, 15) is 14.5 Å². The molecule has 3 rings (SSSR count). The van der Waals surface area contributed by atoms with E-state index in [0.29, 0.717) is 17.0 Å². The van der Waals surface area contributed by atoms with Crippen LogP contribution in [-0.4, -0.2) is 34.7 Å². The number of nitrogens with two attached hydrogens (primary N) is 1. The molecular weight excluding hydrogens is 513 g/mol. The van der Waals surface area contributed by atoms with Gasteiger partial charge in [-0.2, -0.15) is 0 Å². The van der Waals surface area contributed by atoms with Crippen molar-refractivity contribution < 1.29 is 13.5 Å². The first-order chi connectivity index (χ1) is 13.6. The molecule has 2 atom stereocenters. The Bertz CT molecular complexity index is 1040. The SMILES string of the molecule is COc1ccc(Nc2nc(C(N)(S[N+](=O)[O-])SC(F)(Cl)Br)nc3nc[nH]c23)cc1. The zero-order valence-electron chi connectivity index (χ0n) is 14.4. The lowest BCUT2D eigenvalue weighted by atomic mass is 10.3. The highest BCUT2D eigenvalue weighted by Gasteiger charge is 2.48. The van der Waals surface area contributed by atoms with Gasteiger partial charge in [0.15, 0.2) is 17.3 Å². The van der Waals surface area contributed by atoms with Crippen LogP contribution in [-0.2, 0) is 4.20 Å². The number of imidazole rings is 1. The van der Waals surface area contributed by atoms with Crippen molar-refractivity contribution >= 4 is 73.9 Å². The van der Waals surface area contributed by atoms with E-state index in [1.165, 1.54) is 6.33 Å². The number of rotatable bonds is 8. The quantitative estimate of drug-likeness (QED) is 0.130. The normalized spacial score (nSPS) is 15.5. The number of thioether (sulfide) groups is 1. The number of nitrogens with zero attached hydrogens (tertiary/aromatic N) is 4. The van der Waals surface area contributed by atoms with Crippen LogP contribution in [0, 0.1) is 10.1 Å². The van der Waals surface area contributed by atoms with E-state index in [4.69, 9.17) is 22.1 Å². The van der Waals surface area contributed by atoms with Gasteiger partial charge >= 0.3 is 0 Å². The summed E-state index contributed by atoms with van der Waals surface area (Å²) in [5, 5.41) is 14.2. The van der Waals surface area contributed by atoms with Gasteiger partial charge in [0.1, 0.15) is 15.6 Å². The van der Waals surface area contributed by atoms with Crippen LogP contribution in [0.5, 0.6) is 5.75 Å². The van der Waals surface area contributed by atoms with Crippen LogP contribution in [0.4, 0.5) is 15.9 Å². The summed E-state index contributed by atoms with van der Waals surface area (Å²) in [5.74, 6) is 0.645. The maximum Gasteiger partial charge on any atom is 0.287 e. The van der Waals surface area contributed by atoms with E-state index in [1.54, 1.807) is 31.4 Å². The second-order valence-corrected chi connectivity index (χ2v) is 11.0. The number of nitrogens with one attached hydrogen (secondary N) is 2. The number of methoxy groups -OCH3 is 1. The molecule has 0 amide bonds. The first-order valence-corrected chi connectivity index (χ1v) is 10.4. The highest BCUT2D eigenvalue weighted by atomic mass is 79.9. The molecule has 0 aliphatic rings. The van der Waals surface area contributed by atoms with Crippen molar-refractivity contribution in [1.29, 1.82) is 0 Å². The van der Waals surface area contributed by atoms with Crippen LogP contribution in [0.15, 0.2) is 30.6 Å². The third kappa shape index (κ3) is 5.39. The average Bonchev–Trinajstić information content (AvgIpc) is 3.09. The third-order valence-corrected chi connectivity index (χ3v) is 5.94. The monoisotopic (exact) mass is 523 g/mol. The van der Waals surface area contributed by atoms with Gasteiger partial charge in [0.2, 0.25) is 4.20 Å². The highest BCUT2D eigenvalue weighted by molar-refractivity contribution is 9.12. The van der Waals surface area contributed by atoms with Crippen molar-refractivity contribution in [2.24, 2.45) is 5.73 Å². The molecule has 0 bridgehead atoms. The van der Waals surface area contributed by atoms with Gasteiger partial charge in [-0.25, -0.2) is 19.3 Å². The minimum absolute atomic E-state index is 0.0142. The molecule has 2 unspecified atom stereocenters. The van der Waals surface area contributed by atoms with Crippen molar-refractivity contribution in [2.75, 3.05) is 12.4 Å². The number of nitro groups is 1. The van der Waals surface area contributed by atoms with E-state index in [-0.39, 0.29) is 41.0 Å². The molecule has 0 fully saturated rings. The number of anilines is 2. The zero-order chi connectivity index (χ0) is 21.2. The fraction of sp³-hybridized carbons (Fsp3) is 0.214. The predicted octanol–water partition coefficient (Wildman–Crippen LogP) is 4.05. The molecule has 2 aromatic heterocycles. The lowest BCUT2D eigenvalue weighted by Gasteiger charge is -2.24. The topological polar surface area (TPSA) is 145 Å². The summed E-state index contributed by atoms with van der Waals surface area (Å²) in [6.07, 6.45) is 1.37. The standard InChI is InChI=1S/C14H12BrClFN7O3S2/c1-27-8-4-2-7(3-5-8)21-11-9-10(20-6-19-9)22-12(23-11)13(18,29-24(25)26)28-14(15,16)17/h2-6H,18H2,1H3,(H2,19,20,21,22,23). The number of hydrogen-bond donors (Lipinski definition) is 3. The summed E-state index contributed by atoms with van der Waals surface area (Å²) in [5.41, 5.74) is 7.34. The van der Waals surface area contributed by atoms with E-state index >= 15 is 0 Å². The molecule has 10 nitrogen and oxygen atoms in total. The molecule has 1 aromatic carbocycles. The second-order valence-electron chi connectivity index (χ2n) is 5.38. The number of hydrogen-bond acceptors (Lipinski definition) is 10. The first-order valence-electron chi connectivity index (χ1n) is 7.61. The Kier molecular flexibility index (Phi) is 6.38. The van der Waals surface area contributed by atoms with Gasteiger partial charge in [-0.15, -0.1) is 0 Å². The molecule has 2 heterocycles. The van der Waals surface area contributed by atoms with Crippen molar-refractivity contribution in [2.45, 2.75) is 7.57 Å². The predicted molar refractivity (Wildman–Crippen MR) is 115 cm³/mol. The van der Waals surface area contributed by atoms with Gasteiger partial charge in [0.05, 0.1) is 13.4 Å². The molecular formula is C14H12BrClFN7O3S2. The smallest absolute Gasteiger partial charge is 0.287 e. The minimum Gasteiger partial charge on any atom is -0.497 e. The molecule has 0 saturated heterocycles. The Hall–Kier alpha value is -1.87. The average molecular weight is 525 g/mol. The number of H-pyrrole nitrogens is 1. The van der Waals surface area contributed by atoms with Gasteiger partial charge in [0.25, 0.3) is 15.3 Å². The molecule has 15 heteroatoms. The van der Waals surface area contributed by atoms with Gasteiger partial charge in [-0.05, 0) is 52.0 Å². The van der Waals surface area contributed by atoms with Crippen LogP contribution in [0.25, 0.3) is 11.2 Å². The number of alkyl halides is 3. The van der Waals surface area contributed by atoms with Crippen LogP contribution >= 0.6 is 51.2 Å². The summed E-state index contributed by atoms with van der Waals surface area (Å²) < 4.78 is 13.7. The largest absolute Gasteiger partial charge is 0.497 e. The number of aromatic nitrogens is 4. The summed E-state index contributed by atoms with van der Waals surface area (Å²) in [6.45, 7) is 0. The Morgan fingerprint density at radius 2 is 2.10 bits per heavy atom. The van der Waals surface area contributed by atoms with E-state index in [1.807, 2.05) is 0 Å². The van der Waals surface area contributed by atoms with Crippen LogP contribution < -0.4 is 15.8 Å². The van der Waals surface area contributed by atoms with Gasteiger partial charge < -0.3 is 15.0 Å². The van der Waals surface area contributed by atoms with Gasteiger partial charge in [-0.1, -0.05) is 11.6 Å². The van der Waals surface area contributed by atoms with E-state index < -0.39 is 11.9 Å². The molecule has 0 spiro atoms. The summed E-state index contributed by atoms with van der Waals surface area (Å²) in [7, 11) is 1.55. The Labute approximate surface area is 185 Å². The van der Waals surface area contributed by atoms with Gasteiger partial charge in [-0.3, -0.25) is 15.8 Å². The molecule has 0 radical (unpaired) electrons. The van der Waals surface area contributed by atoms with Crippen LogP contribution in [0.3, 0.4) is 0 Å². The number of ether oxygens (including phenoxy) is 1. The molecule has 4 N–H and O–H groups in total. The van der Waals surface area contributed by atoms with E-state index in [0.717, 1.165) is 0 Å². The molecule has 0 aliphatic carbocycles. The van der Waals surface area contributed by atoms with E-state index in [2.05, 4.69) is 41.2 Å². The summed E-state index contributed by atoms with van der Waals surface area (Å²) >= 11 is 8.35. The molecule has 29 heavy (non-hydrogen) atoms. The van der Waals surface area contributed by atoms with Crippen LogP contribution in [0.1, 0.15) is 5.82 Å². The third-order valence-electron chi connectivity index (χ3n) is 3.43. The van der Waals surface area contributed by atoms with Crippen LogP contribution in [0.2, 0.25) is 0 Å². The second kappa shape index (κ2) is 8.47. The molecule has 0 saturated carbocycles. The maximum atomic E-state index is 14.0. The van der Waals surface area contributed by atoms with Crippen molar-refractivity contribution in [3.05, 3.63) is 46.5 Å². The summed E-state index contributed by atoms with van der Waals surface area (Å²) in [6, 6.07) is 6.94. The lowest BCUT2D eigenvalue weighted by molar-refractivity contribution is -0.285. The zero-order valence-corrected chi connectivity index (χ0v) is 18.4. The first kappa shape index (κ1) is 21.8. The molecule has 0 aliphatic heterocycles. The minimum atomic E-state index is -2.59. The van der Waals surface area contributed by atoms with Crippen molar-refractivity contribution in [1.82, 2.24) is 19.9 Å². The fourth-order valence-corrected chi connectivity index (χ4v) is 5.47. The highest BCUT2D eigenvalue weighted by Crippen LogP contribution is 2.52. The molecule has 3 aromatic rings. The lowest BCUT2D eigenvalue weighted by Crippen LogP contribution is -2.35. The number of fused-ring (bicyclic) bond motifs is 1. The number of benzene rings is 1. The Morgan fingerprint density at radius 3 is 2.69 bits per heavy atom. The van der Waals surface area contributed by atoms with Gasteiger partial charge in [0, 0.05) is 5.69 Å². The maximum absolute atomic E-state index is 14.0. The Morgan fingerprint density at radius 1 is 1.41 bits per heavy atom. The summed E-state index contributed by atoms with van der Waals surface area (Å²) in [4.78, 5) is 26.5. The fourth-order valence-electron chi connectivity index (χ4n) is 2.28. The number of halogens is 3.